The number of aromatic nitrogens is 1. The van der Waals surface area contributed by atoms with E-state index in [-0.39, 0.29) is 5.56 Å². The van der Waals surface area contributed by atoms with Gasteiger partial charge in [0, 0.05) is 6.20 Å². The maximum atomic E-state index is 10.9. The van der Waals surface area contributed by atoms with Gasteiger partial charge in [-0.25, -0.2) is 0 Å². The van der Waals surface area contributed by atoms with Crippen LogP contribution >= 0.6 is 0 Å². The van der Waals surface area contributed by atoms with Crippen LogP contribution in [0, 0.1) is 0 Å². The van der Waals surface area contributed by atoms with E-state index in [2.05, 4.69) is 15.0 Å². The fourth-order valence-electron chi connectivity index (χ4n) is 0.923. The maximum absolute atomic E-state index is 10.9. The SMILES string of the molecule is O=c1[nH]ccc2c1=NCN=2. The molecule has 0 unspecified atom stereocenters. The molecule has 50 valence electrons. The van der Waals surface area contributed by atoms with Crippen molar-refractivity contribution < 1.29 is 0 Å². The minimum atomic E-state index is -0.154. The van der Waals surface area contributed by atoms with Crippen LogP contribution in [0.2, 0.25) is 0 Å². The first-order chi connectivity index (χ1) is 4.88. The maximum Gasteiger partial charge on any atom is 0.275 e. The molecular weight excluding hydrogens is 130 g/mol. The molecule has 0 saturated carbocycles. The van der Waals surface area contributed by atoms with E-state index < -0.39 is 0 Å². The second-order valence-corrected chi connectivity index (χ2v) is 2.00. The summed E-state index contributed by atoms with van der Waals surface area (Å²) in [6.07, 6.45) is 1.57. The minimum Gasteiger partial charge on any atom is -0.327 e. The topological polar surface area (TPSA) is 57.6 Å². The van der Waals surface area contributed by atoms with Crippen LogP contribution in [0.3, 0.4) is 0 Å². The van der Waals surface area contributed by atoms with Crippen LogP contribution in [0.1, 0.15) is 0 Å². The summed E-state index contributed by atoms with van der Waals surface area (Å²) in [7, 11) is 0. The summed E-state index contributed by atoms with van der Waals surface area (Å²) < 4.78 is 0. The lowest BCUT2D eigenvalue weighted by molar-refractivity contribution is 1.05. The van der Waals surface area contributed by atoms with Crippen LogP contribution in [0.25, 0.3) is 0 Å². The molecule has 0 radical (unpaired) electrons. The highest BCUT2D eigenvalue weighted by atomic mass is 16.1. The lowest BCUT2D eigenvalue weighted by atomic mass is 10.4. The first-order valence-corrected chi connectivity index (χ1v) is 2.94. The monoisotopic (exact) mass is 135 g/mol. The summed E-state index contributed by atoms with van der Waals surface area (Å²) in [4.78, 5) is 21.3. The van der Waals surface area contributed by atoms with Gasteiger partial charge in [0.25, 0.3) is 5.56 Å². The Hall–Kier alpha value is -1.45. The van der Waals surface area contributed by atoms with E-state index in [1.165, 1.54) is 0 Å². The van der Waals surface area contributed by atoms with Gasteiger partial charge in [-0.15, -0.1) is 0 Å². The normalized spacial score (nSPS) is 13.6. The molecule has 0 aliphatic carbocycles. The molecule has 1 aromatic rings. The standard InChI is InChI=1S/C6H5N3O/c10-6-5-4(1-2-7-6)8-3-9-5/h1-2H,3H2,(H,7,10). The predicted molar refractivity (Wildman–Crippen MR) is 34.2 cm³/mol. The average Bonchev–Trinajstić information content (AvgIpc) is 2.36. The van der Waals surface area contributed by atoms with E-state index in [0.717, 1.165) is 0 Å². The average molecular weight is 135 g/mol. The number of pyridine rings is 1. The van der Waals surface area contributed by atoms with Crippen LogP contribution in [0.15, 0.2) is 27.0 Å². The van der Waals surface area contributed by atoms with Crippen molar-refractivity contribution in [2.24, 2.45) is 9.98 Å². The number of hydrogen-bond donors (Lipinski definition) is 1. The molecule has 0 bridgehead atoms. The van der Waals surface area contributed by atoms with E-state index in [1.54, 1.807) is 12.3 Å². The molecule has 0 amide bonds. The fourth-order valence-corrected chi connectivity index (χ4v) is 0.923. The lowest BCUT2D eigenvalue weighted by Gasteiger charge is -1.77. The Morgan fingerprint density at radius 1 is 1.50 bits per heavy atom. The third kappa shape index (κ3) is 0.586. The second kappa shape index (κ2) is 1.76. The highest BCUT2D eigenvalue weighted by molar-refractivity contribution is 4.94. The molecule has 4 nitrogen and oxygen atoms in total. The smallest absolute Gasteiger partial charge is 0.275 e. The highest BCUT2D eigenvalue weighted by Crippen LogP contribution is 1.71. The summed E-state index contributed by atoms with van der Waals surface area (Å²) in [5.41, 5.74) is -0.154. The molecule has 0 fully saturated rings. The quantitative estimate of drug-likeness (QED) is 0.466. The first-order valence-electron chi connectivity index (χ1n) is 2.94. The summed E-state index contributed by atoms with van der Waals surface area (Å²) >= 11 is 0. The second-order valence-electron chi connectivity index (χ2n) is 2.00. The predicted octanol–water partition coefficient (Wildman–Crippen LogP) is -1.41. The van der Waals surface area contributed by atoms with Gasteiger partial charge in [0.05, 0.1) is 5.36 Å². The van der Waals surface area contributed by atoms with Crippen molar-refractivity contribution in [1.82, 2.24) is 4.98 Å². The molecule has 0 atom stereocenters. The first kappa shape index (κ1) is 5.34. The Morgan fingerprint density at radius 3 is 3.20 bits per heavy atom. The van der Waals surface area contributed by atoms with Gasteiger partial charge in [-0.1, -0.05) is 0 Å². The lowest BCUT2D eigenvalue weighted by Crippen LogP contribution is -2.38. The van der Waals surface area contributed by atoms with Gasteiger partial charge in [0.1, 0.15) is 6.67 Å². The molecule has 1 aromatic heterocycles. The number of aromatic amines is 1. The van der Waals surface area contributed by atoms with Gasteiger partial charge < -0.3 is 4.98 Å². The van der Waals surface area contributed by atoms with Crippen molar-refractivity contribution in [2.45, 2.75) is 0 Å². The molecular formula is C6H5N3O. The largest absolute Gasteiger partial charge is 0.327 e. The molecule has 1 N–H and O–H groups in total. The number of hydrogen-bond acceptors (Lipinski definition) is 3. The Morgan fingerprint density at radius 2 is 2.40 bits per heavy atom. The number of H-pyrrole nitrogens is 1. The van der Waals surface area contributed by atoms with Gasteiger partial charge in [-0.2, -0.15) is 0 Å². The zero-order chi connectivity index (χ0) is 6.97. The molecule has 2 rings (SSSR count). The number of nitrogens with zero attached hydrogens (tertiary/aromatic N) is 2. The van der Waals surface area contributed by atoms with Gasteiger partial charge in [0.15, 0.2) is 5.36 Å². The molecule has 0 spiro atoms. The molecule has 4 heteroatoms. The van der Waals surface area contributed by atoms with Crippen LogP contribution in [0.4, 0.5) is 0 Å². The Bertz CT molecular complexity index is 417. The summed E-state index contributed by atoms with van der Waals surface area (Å²) in [6, 6.07) is 1.74. The van der Waals surface area contributed by atoms with Crippen molar-refractivity contribution in [3.8, 4) is 0 Å². The van der Waals surface area contributed by atoms with Crippen molar-refractivity contribution in [1.29, 1.82) is 0 Å². The van der Waals surface area contributed by atoms with Gasteiger partial charge in [-0.3, -0.25) is 14.8 Å². The Kier molecular flexibility index (Phi) is 0.943. The van der Waals surface area contributed by atoms with Crippen molar-refractivity contribution in [3.63, 3.8) is 0 Å². The molecule has 1 aliphatic rings. The van der Waals surface area contributed by atoms with Crippen LogP contribution < -0.4 is 16.3 Å². The summed E-state index contributed by atoms with van der Waals surface area (Å²) in [6.45, 7) is 0.391. The molecule has 10 heavy (non-hydrogen) atoms. The number of nitrogens with one attached hydrogen (secondary N) is 1. The minimum absolute atomic E-state index is 0.154. The molecule has 1 aliphatic heterocycles. The van der Waals surface area contributed by atoms with Gasteiger partial charge >= 0.3 is 0 Å². The zero-order valence-electron chi connectivity index (χ0n) is 5.16. The van der Waals surface area contributed by atoms with E-state index in [4.69, 9.17) is 0 Å². The van der Waals surface area contributed by atoms with E-state index in [9.17, 15) is 4.79 Å². The third-order valence-corrected chi connectivity index (χ3v) is 1.38. The summed E-state index contributed by atoms with van der Waals surface area (Å²) in [5, 5.41) is 1.16. The van der Waals surface area contributed by atoms with Crippen LogP contribution in [-0.4, -0.2) is 11.7 Å². The Labute approximate surface area is 56.0 Å². The van der Waals surface area contributed by atoms with Crippen molar-refractivity contribution in [3.05, 3.63) is 33.3 Å². The van der Waals surface area contributed by atoms with Crippen molar-refractivity contribution >= 4 is 0 Å². The summed E-state index contributed by atoms with van der Waals surface area (Å²) in [5.74, 6) is 0. The van der Waals surface area contributed by atoms with Crippen LogP contribution in [-0.2, 0) is 0 Å². The van der Waals surface area contributed by atoms with Gasteiger partial charge in [0.2, 0.25) is 0 Å². The Balaban J connectivity index is 3.12. The molecule has 0 aromatic carbocycles. The van der Waals surface area contributed by atoms with E-state index >= 15 is 0 Å². The number of fused-ring (bicyclic) bond motifs is 1. The highest BCUT2D eigenvalue weighted by Gasteiger charge is 1.97. The molecule has 2 heterocycles. The molecule has 0 saturated heterocycles. The zero-order valence-corrected chi connectivity index (χ0v) is 5.16. The van der Waals surface area contributed by atoms with E-state index in [1.807, 2.05) is 0 Å². The third-order valence-electron chi connectivity index (χ3n) is 1.38. The fraction of sp³-hybridized carbons (Fsp3) is 0.167. The number of rotatable bonds is 0. The van der Waals surface area contributed by atoms with Crippen molar-refractivity contribution in [2.75, 3.05) is 6.67 Å². The van der Waals surface area contributed by atoms with E-state index in [0.29, 0.717) is 17.4 Å². The van der Waals surface area contributed by atoms with Gasteiger partial charge in [-0.05, 0) is 6.07 Å². The van der Waals surface area contributed by atoms with Crippen LogP contribution in [0.5, 0.6) is 0 Å².